The minimum atomic E-state index is 0.129. The highest BCUT2D eigenvalue weighted by Crippen LogP contribution is 2.07. The quantitative estimate of drug-likeness (QED) is 0.775. The molecule has 1 amide bonds. The summed E-state index contributed by atoms with van der Waals surface area (Å²) in [6, 6.07) is 8.27. The Kier molecular flexibility index (Phi) is 6.44. The van der Waals surface area contributed by atoms with Gasteiger partial charge < -0.3 is 11.1 Å². The molecule has 0 saturated carbocycles. The number of aryl methyl sites for hydroxylation is 1. The molecular formula is C15H24N2O. The van der Waals surface area contributed by atoms with Gasteiger partial charge in [-0.3, -0.25) is 4.79 Å². The maximum atomic E-state index is 11.6. The first-order valence-corrected chi connectivity index (χ1v) is 6.64. The molecule has 1 atom stereocenters. The van der Waals surface area contributed by atoms with Gasteiger partial charge in [-0.25, -0.2) is 0 Å². The fourth-order valence-corrected chi connectivity index (χ4v) is 1.81. The normalized spacial score (nSPS) is 12.2. The van der Waals surface area contributed by atoms with Gasteiger partial charge >= 0.3 is 0 Å². The molecule has 3 nitrogen and oxygen atoms in total. The molecule has 0 fully saturated rings. The van der Waals surface area contributed by atoms with Gasteiger partial charge in [0.1, 0.15) is 0 Å². The zero-order valence-corrected chi connectivity index (χ0v) is 11.4. The monoisotopic (exact) mass is 248 g/mol. The summed E-state index contributed by atoms with van der Waals surface area (Å²) in [6.45, 7) is 5.53. The molecule has 0 aliphatic heterocycles. The molecule has 3 N–H and O–H groups in total. The molecule has 0 bridgehead atoms. The van der Waals surface area contributed by atoms with E-state index in [0.29, 0.717) is 25.4 Å². The summed E-state index contributed by atoms with van der Waals surface area (Å²) in [4.78, 5) is 11.6. The third-order valence-electron chi connectivity index (χ3n) is 3.24. The first-order chi connectivity index (χ1) is 8.63. The third-order valence-corrected chi connectivity index (χ3v) is 3.24. The molecule has 0 aliphatic rings. The van der Waals surface area contributed by atoms with Crippen molar-refractivity contribution in [3.8, 4) is 0 Å². The van der Waals surface area contributed by atoms with E-state index < -0.39 is 0 Å². The van der Waals surface area contributed by atoms with Crippen molar-refractivity contribution in [3.05, 3.63) is 35.4 Å². The number of amides is 1. The summed E-state index contributed by atoms with van der Waals surface area (Å²) in [6.07, 6.45) is 2.34. The van der Waals surface area contributed by atoms with E-state index in [1.807, 2.05) is 12.1 Å². The van der Waals surface area contributed by atoms with Crippen LogP contribution in [0.3, 0.4) is 0 Å². The minimum Gasteiger partial charge on any atom is -0.356 e. The number of rotatable bonds is 7. The predicted molar refractivity (Wildman–Crippen MR) is 75.3 cm³/mol. The van der Waals surface area contributed by atoms with Crippen LogP contribution in [0.2, 0.25) is 0 Å². The highest BCUT2D eigenvalue weighted by atomic mass is 16.1. The largest absolute Gasteiger partial charge is 0.356 e. The van der Waals surface area contributed by atoms with Crippen LogP contribution in [-0.4, -0.2) is 19.0 Å². The number of benzene rings is 1. The van der Waals surface area contributed by atoms with E-state index >= 15 is 0 Å². The van der Waals surface area contributed by atoms with Crippen molar-refractivity contribution in [1.82, 2.24) is 5.32 Å². The Morgan fingerprint density at radius 1 is 1.39 bits per heavy atom. The van der Waals surface area contributed by atoms with E-state index in [0.717, 1.165) is 12.8 Å². The van der Waals surface area contributed by atoms with E-state index in [1.165, 1.54) is 11.1 Å². The second-order valence-electron chi connectivity index (χ2n) is 4.91. The summed E-state index contributed by atoms with van der Waals surface area (Å²) in [5, 5.41) is 2.96. The van der Waals surface area contributed by atoms with Crippen LogP contribution in [0.5, 0.6) is 0 Å². The van der Waals surface area contributed by atoms with Gasteiger partial charge in [-0.05, 0) is 43.4 Å². The lowest BCUT2D eigenvalue weighted by atomic mass is 10.1. The lowest BCUT2D eigenvalue weighted by Crippen LogP contribution is -2.26. The molecule has 1 rings (SSSR count). The Bertz CT molecular complexity index is 377. The summed E-state index contributed by atoms with van der Waals surface area (Å²) >= 11 is 0. The van der Waals surface area contributed by atoms with Gasteiger partial charge in [-0.1, -0.05) is 31.2 Å². The van der Waals surface area contributed by atoms with E-state index in [1.54, 1.807) is 0 Å². The standard InChI is InChI=1S/C15H24N2O/c1-12(11-16)7-8-15(18)17-10-9-14-6-4-3-5-13(14)2/h3-6,12H,7-11,16H2,1-2H3,(H,17,18). The zero-order valence-electron chi connectivity index (χ0n) is 11.4. The lowest BCUT2D eigenvalue weighted by molar-refractivity contribution is -0.121. The van der Waals surface area contributed by atoms with E-state index in [2.05, 4.69) is 31.3 Å². The van der Waals surface area contributed by atoms with Crippen molar-refractivity contribution >= 4 is 5.91 Å². The predicted octanol–water partition coefficient (Wildman–Crippen LogP) is 2.03. The molecule has 0 heterocycles. The number of nitrogens with one attached hydrogen (secondary N) is 1. The molecule has 100 valence electrons. The Balaban J connectivity index is 2.22. The van der Waals surface area contributed by atoms with Gasteiger partial charge in [0, 0.05) is 13.0 Å². The number of hydrogen-bond acceptors (Lipinski definition) is 2. The van der Waals surface area contributed by atoms with Crippen molar-refractivity contribution in [2.24, 2.45) is 11.7 Å². The van der Waals surface area contributed by atoms with Gasteiger partial charge in [0.25, 0.3) is 0 Å². The molecule has 3 heteroatoms. The van der Waals surface area contributed by atoms with Crippen LogP contribution in [0.1, 0.15) is 30.9 Å². The number of hydrogen-bond donors (Lipinski definition) is 2. The molecule has 1 aromatic carbocycles. The summed E-state index contributed by atoms with van der Waals surface area (Å²) in [7, 11) is 0. The number of carbonyl (C=O) groups excluding carboxylic acids is 1. The number of nitrogens with two attached hydrogens (primary N) is 1. The zero-order chi connectivity index (χ0) is 13.4. The highest BCUT2D eigenvalue weighted by molar-refractivity contribution is 5.75. The van der Waals surface area contributed by atoms with E-state index in [-0.39, 0.29) is 5.91 Å². The maximum Gasteiger partial charge on any atom is 0.220 e. The Morgan fingerprint density at radius 3 is 2.78 bits per heavy atom. The summed E-state index contributed by atoms with van der Waals surface area (Å²) < 4.78 is 0. The lowest BCUT2D eigenvalue weighted by Gasteiger charge is -2.09. The van der Waals surface area contributed by atoms with E-state index in [4.69, 9.17) is 5.73 Å². The Labute approximate surface area is 110 Å². The Morgan fingerprint density at radius 2 is 2.11 bits per heavy atom. The van der Waals surface area contributed by atoms with Gasteiger partial charge in [0.2, 0.25) is 5.91 Å². The molecule has 1 aromatic rings. The van der Waals surface area contributed by atoms with Crippen molar-refractivity contribution in [2.75, 3.05) is 13.1 Å². The molecule has 1 unspecified atom stereocenters. The number of carbonyl (C=O) groups is 1. The fourth-order valence-electron chi connectivity index (χ4n) is 1.81. The molecule has 0 saturated heterocycles. The Hall–Kier alpha value is -1.35. The highest BCUT2D eigenvalue weighted by Gasteiger charge is 2.05. The van der Waals surface area contributed by atoms with Gasteiger partial charge in [0.15, 0.2) is 0 Å². The van der Waals surface area contributed by atoms with Crippen molar-refractivity contribution in [2.45, 2.75) is 33.1 Å². The second kappa shape index (κ2) is 7.88. The topological polar surface area (TPSA) is 55.1 Å². The fraction of sp³-hybridized carbons (Fsp3) is 0.533. The van der Waals surface area contributed by atoms with Crippen LogP contribution in [-0.2, 0) is 11.2 Å². The van der Waals surface area contributed by atoms with Crippen LogP contribution in [0.25, 0.3) is 0 Å². The van der Waals surface area contributed by atoms with Crippen LogP contribution in [0.15, 0.2) is 24.3 Å². The summed E-state index contributed by atoms with van der Waals surface area (Å²) in [5.74, 6) is 0.552. The molecule has 0 radical (unpaired) electrons. The molecule has 0 spiro atoms. The van der Waals surface area contributed by atoms with Gasteiger partial charge in [0.05, 0.1) is 0 Å². The van der Waals surface area contributed by atoms with Crippen molar-refractivity contribution in [1.29, 1.82) is 0 Å². The van der Waals surface area contributed by atoms with Gasteiger partial charge in [-0.15, -0.1) is 0 Å². The third kappa shape index (κ3) is 5.32. The molecular weight excluding hydrogens is 224 g/mol. The van der Waals surface area contributed by atoms with E-state index in [9.17, 15) is 4.79 Å². The van der Waals surface area contributed by atoms with Crippen LogP contribution < -0.4 is 11.1 Å². The first-order valence-electron chi connectivity index (χ1n) is 6.64. The second-order valence-corrected chi connectivity index (χ2v) is 4.91. The molecule has 18 heavy (non-hydrogen) atoms. The van der Waals surface area contributed by atoms with Crippen molar-refractivity contribution in [3.63, 3.8) is 0 Å². The van der Waals surface area contributed by atoms with Crippen molar-refractivity contribution < 1.29 is 4.79 Å². The maximum absolute atomic E-state index is 11.6. The van der Waals surface area contributed by atoms with Crippen LogP contribution >= 0.6 is 0 Å². The smallest absolute Gasteiger partial charge is 0.220 e. The van der Waals surface area contributed by atoms with Crippen LogP contribution in [0.4, 0.5) is 0 Å². The molecule has 0 aromatic heterocycles. The average molecular weight is 248 g/mol. The minimum absolute atomic E-state index is 0.129. The average Bonchev–Trinajstić information content (AvgIpc) is 2.38. The molecule has 0 aliphatic carbocycles. The SMILES string of the molecule is Cc1ccccc1CCNC(=O)CCC(C)CN. The van der Waals surface area contributed by atoms with Gasteiger partial charge in [-0.2, -0.15) is 0 Å². The first kappa shape index (κ1) is 14.7. The van der Waals surface area contributed by atoms with Crippen LogP contribution in [0, 0.1) is 12.8 Å². The summed E-state index contributed by atoms with van der Waals surface area (Å²) in [5.41, 5.74) is 8.10.